The van der Waals surface area contributed by atoms with Crippen molar-refractivity contribution in [3.8, 4) is 0 Å². The van der Waals surface area contributed by atoms with Crippen LogP contribution in [0.5, 0.6) is 0 Å². The van der Waals surface area contributed by atoms with Gasteiger partial charge in [-0.05, 0) is 25.7 Å². The summed E-state index contributed by atoms with van der Waals surface area (Å²) in [4.78, 5) is 12.1. The Balaban J connectivity index is 1.95. The lowest BCUT2D eigenvalue weighted by Gasteiger charge is -2.40. The number of hydrogen-bond acceptors (Lipinski definition) is 1. The lowest BCUT2D eigenvalue weighted by molar-refractivity contribution is -0.137. The molecule has 0 amide bonds. The van der Waals surface area contributed by atoms with Crippen LogP contribution >= 0.6 is 0 Å². The Bertz CT molecular complexity index is 197. The van der Waals surface area contributed by atoms with Crippen LogP contribution in [0.3, 0.4) is 0 Å². The largest absolute Gasteiger partial charge is 0.299 e. The van der Waals surface area contributed by atoms with Gasteiger partial charge in [0.2, 0.25) is 0 Å². The highest BCUT2D eigenvalue weighted by Crippen LogP contribution is 2.45. The predicted molar refractivity (Wildman–Crippen MR) is 53.5 cm³/mol. The first kappa shape index (κ1) is 9.23. The Morgan fingerprint density at radius 2 is 1.69 bits per heavy atom. The Morgan fingerprint density at radius 1 is 1.08 bits per heavy atom. The van der Waals surface area contributed by atoms with Gasteiger partial charge in [-0.2, -0.15) is 0 Å². The summed E-state index contributed by atoms with van der Waals surface area (Å²) in [6.07, 6.45) is 9.85. The summed E-state index contributed by atoms with van der Waals surface area (Å²) >= 11 is 0. The number of carbonyl (C=O) groups is 1. The molecule has 0 heterocycles. The summed E-state index contributed by atoms with van der Waals surface area (Å²) < 4.78 is 0. The van der Waals surface area contributed by atoms with Gasteiger partial charge in [-0.25, -0.2) is 0 Å². The summed E-state index contributed by atoms with van der Waals surface area (Å²) in [5.74, 6) is 1.03. The summed E-state index contributed by atoms with van der Waals surface area (Å²) in [6, 6.07) is 0. The van der Waals surface area contributed by atoms with E-state index in [0.717, 1.165) is 12.8 Å². The quantitative estimate of drug-likeness (QED) is 0.637. The Morgan fingerprint density at radius 3 is 2.15 bits per heavy atom. The van der Waals surface area contributed by atoms with Gasteiger partial charge >= 0.3 is 0 Å². The lowest BCUT2D eigenvalue weighted by Crippen LogP contribution is -2.39. The van der Waals surface area contributed by atoms with E-state index in [1.807, 2.05) is 0 Å². The monoisotopic (exact) mass is 180 g/mol. The fourth-order valence-corrected chi connectivity index (χ4v) is 2.81. The average Bonchev–Trinajstić information content (AvgIpc) is 2.14. The van der Waals surface area contributed by atoms with Crippen molar-refractivity contribution in [1.29, 1.82) is 0 Å². The molecule has 2 rings (SSSR count). The van der Waals surface area contributed by atoms with Gasteiger partial charge in [0.25, 0.3) is 0 Å². The molecule has 0 aromatic heterocycles. The third-order valence-electron chi connectivity index (χ3n) is 4.03. The zero-order valence-electron chi connectivity index (χ0n) is 8.64. The number of hydrogen-bond donors (Lipinski definition) is 0. The fraction of sp³-hybridized carbons (Fsp3) is 0.917. The molecule has 0 aliphatic heterocycles. The molecule has 13 heavy (non-hydrogen) atoms. The van der Waals surface area contributed by atoms with Crippen molar-refractivity contribution in [2.24, 2.45) is 11.3 Å². The van der Waals surface area contributed by atoms with Gasteiger partial charge in [0.05, 0.1) is 0 Å². The van der Waals surface area contributed by atoms with E-state index in [1.165, 1.54) is 38.5 Å². The molecule has 0 unspecified atom stereocenters. The molecule has 1 heteroatoms. The van der Waals surface area contributed by atoms with E-state index in [0.29, 0.717) is 11.7 Å². The number of rotatable bonds is 2. The molecular weight excluding hydrogens is 160 g/mol. The lowest BCUT2D eigenvalue weighted by atomic mass is 9.63. The van der Waals surface area contributed by atoms with Crippen molar-refractivity contribution in [1.82, 2.24) is 0 Å². The third kappa shape index (κ3) is 1.66. The van der Waals surface area contributed by atoms with E-state index < -0.39 is 0 Å². The molecule has 0 spiro atoms. The summed E-state index contributed by atoms with van der Waals surface area (Å²) in [6.45, 7) is 2.17. The van der Waals surface area contributed by atoms with Crippen LogP contribution in [0.15, 0.2) is 0 Å². The van der Waals surface area contributed by atoms with Crippen molar-refractivity contribution in [3.63, 3.8) is 0 Å². The van der Waals surface area contributed by atoms with Gasteiger partial charge in [-0.15, -0.1) is 0 Å². The zero-order chi connectivity index (χ0) is 9.31. The smallest absolute Gasteiger partial charge is 0.141 e. The SMILES string of the molecule is CC1(C(=O)C2CCCCC2)CCC1. The van der Waals surface area contributed by atoms with Crippen molar-refractivity contribution in [2.75, 3.05) is 0 Å². The first-order chi connectivity index (χ1) is 6.22. The highest BCUT2D eigenvalue weighted by Gasteiger charge is 2.42. The van der Waals surface area contributed by atoms with Crippen molar-refractivity contribution < 1.29 is 4.79 Å². The van der Waals surface area contributed by atoms with Crippen LogP contribution in [-0.4, -0.2) is 5.78 Å². The molecule has 0 aromatic rings. The van der Waals surface area contributed by atoms with E-state index in [9.17, 15) is 4.79 Å². The van der Waals surface area contributed by atoms with Gasteiger partial charge in [-0.3, -0.25) is 4.79 Å². The molecule has 2 aliphatic carbocycles. The van der Waals surface area contributed by atoms with Crippen LogP contribution in [0, 0.1) is 11.3 Å². The van der Waals surface area contributed by atoms with Crippen molar-refractivity contribution in [2.45, 2.75) is 58.3 Å². The maximum absolute atomic E-state index is 12.1. The molecule has 0 saturated heterocycles. The first-order valence-electron chi connectivity index (χ1n) is 5.77. The normalized spacial score (nSPS) is 28.1. The van der Waals surface area contributed by atoms with Gasteiger partial charge in [0.1, 0.15) is 5.78 Å². The van der Waals surface area contributed by atoms with E-state index in [4.69, 9.17) is 0 Å². The minimum Gasteiger partial charge on any atom is -0.299 e. The van der Waals surface area contributed by atoms with Crippen LogP contribution < -0.4 is 0 Å². The zero-order valence-corrected chi connectivity index (χ0v) is 8.64. The summed E-state index contributed by atoms with van der Waals surface area (Å²) in [7, 11) is 0. The van der Waals surface area contributed by atoms with Gasteiger partial charge < -0.3 is 0 Å². The number of carbonyl (C=O) groups excluding carboxylic acids is 1. The second-order valence-corrected chi connectivity index (χ2v) is 5.11. The van der Waals surface area contributed by atoms with Crippen molar-refractivity contribution >= 4 is 5.78 Å². The van der Waals surface area contributed by atoms with Gasteiger partial charge in [-0.1, -0.05) is 32.6 Å². The molecule has 0 bridgehead atoms. The third-order valence-corrected chi connectivity index (χ3v) is 4.03. The average molecular weight is 180 g/mol. The highest BCUT2D eigenvalue weighted by molar-refractivity contribution is 5.87. The van der Waals surface area contributed by atoms with Gasteiger partial charge in [0, 0.05) is 11.3 Å². The maximum Gasteiger partial charge on any atom is 0.141 e. The van der Waals surface area contributed by atoms with E-state index in [-0.39, 0.29) is 5.41 Å². The molecule has 0 atom stereocenters. The second kappa shape index (κ2) is 3.43. The van der Waals surface area contributed by atoms with Crippen LogP contribution in [0.4, 0.5) is 0 Å². The predicted octanol–water partition coefficient (Wildman–Crippen LogP) is 3.33. The standard InChI is InChI=1S/C12H20O/c1-12(8-5-9-12)11(13)10-6-3-2-4-7-10/h10H,2-9H2,1H3. The second-order valence-electron chi connectivity index (χ2n) is 5.11. The molecular formula is C12H20O. The van der Waals surface area contributed by atoms with E-state index in [1.54, 1.807) is 0 Å². The molecule has 1 nitrogen and oxygen atoms in total. The van der Waals surface area contributed by atoms with E-state index >= 15 is 0 Å². The Kier molecular flexibility index (Phi) is 2.44. The van der Waals surface area contributed by atoms with Crippen LogP contribution in [0.1, 0.15) is 58.3 Å². The summed E-state index contributed by atoms with van der Waals surface area (Å²) in [5, 5.41) is 0. The topological polar surface area (TPSA) is 17.1 Å². The maximum atomic E-state index is 12.1. The molecule has 0 N–H and O–H groups in total. The molecule has 2 saturated carbocycles. The molecule has 2 fully saturated rings. The highest BCUT2D eigenvalue weighted by atomic mass is 16.1. The summed E-state index contributed by atoms with van der Waals surface area (Å²) in [5.41, 5.74) is 0.0992. The first-order valence-corrected chi connectivity index (χ1v) is 5.77. The molecule has 0 radical (unpaired) electrons. The van der Waals surface area contributed by atoms with Crippen molar-refractivity contribution in [3.05, 3.63) is 0 Å². The minimum atomic E-state index is 0.0992. The van der Waals surface area contributed by atoms with Crippen LogP contribution in [-0.2, 0) is 4.79 Å². The Hall–Kier alpha value is -0.330. The van der Waals surface area contributed by atoms with E-state index in [2.05, 4.69) is 6.92 Å². The minimum absolute atomic E-state index is 0.0992. The number of ketones is 1. The Labute approximate surface area is 80.9 Å². The van der Waals surface area contributed by atoms with Crippen LogP contribution in [0.2, 0.25) is 0 Å². The van der Waals surface area contributed by atoms with Crippen LogP contribution in [0.25, 0.3) is 0 Å². The molecule has 74 valence electrons. The number of Topliss-reactive ketones (excluding diaryl/α,β-unsaturated/α-hetero) is 1. The fourth-order valence-electron chi connectivity index (χ4n) is 2.81. The molecule has 0 aromatic carbocycles. The van der Waals surface area contributed by atoms with Gasteiger partial charge in [0.15, 0.2) is 0 Å². The molecule has 2 aliphatic rings.